The molecule has 32 heavy (non-hydrogen) atoms. The molecule has 7 nitrogen and oxygen atoms in total. The monoisotopic (exact) mass is 442 g/mol. The van der Waals surface area contributed by atoms with Crippen LogP contribution < -0.4 is 16.2 Å². The molecule has 172 valence electrons. The van der Waals surface area contributed by atoms with Crippen LogP contribution in [-0.2, 0) is 6.54 Å². The molecule has 0 aliphatic carbocycles. The van der Waals surface area contributed by atoms with E-state index in [0.29, 0.717) is 34.5 Å². The summed E-state index contributed by atoms with van der Waals surface area (Å²) in [6.07, 6.45) is -0.434. The van der Waals surface area contributed by atoms with Crippen LogP contribution in [-0.4, -0.2) is 53.2 Å². The van der Waals surface area contributed by atoms with Gasteiger partial charge in [0.1, 0.15) is 17.3 Å². The van der Waals surface area contributed by atoms with Gasteiger partial charge in [0.25, 0.3) is 5.91 Å². The summed E-state index contributed by atoms with van der Waals surface area (Å²) < 4.78 is 19.4. The summed E-state index contributed by atoms with van der Waals surface area (Å²) in [6, 6.07) is 9.58. The van der Waals surface area contributed by atoms with Crippen LogP contribution in [0.2, 0.25) is 0 Å². The molecule has 1 aliphatic heterocycles. The van der Waals surface area contributed by atoms with Crippen molar-refractivity contribution >= 4 is 16.8 Å². The lowest BCUT2D eigenvalue weighted by Crippen LogP contribution is -2.43. The maximum atomic E-state index is 14.0. The van der Waals surface area contributed by atoms with Gasteiger partial charge in [0.05, 0.1) is 13.2 Å². The molecule has 2 unspecified atom stereocenters. The number of nitrogens with one attached hydrogen (secondary N) is 1. The summed E-state index contributed by atoms with van der Waals surface area (Å²) in [5.74, 6) is 0.0682. The van der Waals surface area contributed by atoms with E-state index in [1.807, 2.05) is 32.0 Å². The van der Waals surface area contributed by atoms with Crippen LogP contribution in [0, 0.1) is 5.82 Å². The highest BCUT2D eigenvalue weighted by atomic mass is 19.1. The number of nitrogens with zero attached hydrogens (tertiary/aromatic N) is 1. The van der Waals surface area contributed by atoms with Crippen LogP contribution in [0.4, 0.5) is 4.39 Å². The van der Waals surface area contributed by atoms with Gasteiger partial charge in [0.2, 0.25) is 0 Å². The number of methoxy groups -OCH3 is 1. The van der Waals surface area contributed by atoms with E-state index in [1.165, 1.54) is 12.1 Å². The van der Waals surface area contributed by atoms with Gasteiger partial charge >= 0.3 is 0 Å². The molecule has 2 aromatic carbocycles. The molecular formula is C24H31FN4O3. The number of fused-ring (bicyclic) bond motifs is 5. The predicted molar refractivity (Wildman–Crippen MR) is 124 cm³/mol. The van der Waals surface area contributed by atoms with Crippen LogP contribution in [0.3, 0.4) is 0 Å². The molecule has 1 amide bonds. The summed E-state index contributed by atoms with van der Waals surface area (Å²) in [5.41, 5.74) is 15.1. The number of H-pyrrole nitrogens is 1. The fourth-order valence-corrected chi connectivity index (χ4v) is 4.06. The van der Waals surface area contributed by atoms with E-state index in [2.05, 4.69) is 4.98 Å². The number of ether oxygens (including phenoxy) is 1. The topological polar surface area (TPSA) is 118 Å². The maximum Gasteiger partial charge on any atom is 0.271 e. The van der Waals surface area contributed by atoms with Gasteiger partial charge in [-0.15, -0.1) is 0 Å². The van der Waals surface area contributed by atoms with Gasteiger partial charge in [-0.1, -0.05) is 19.9 Å². The normalized spacial score (nSPS) is 14.7. The molecule has 0 spiro atoms. The second-order valence-corrected chi connectivity index (χ2v) is 7.66. The minimum Gasteiger partial charge on any atom is -0.497 e. The number of carbonyl (C=O) groups is 1. The van der Waals surface area contributed by atoms with Crippen LogP contribution in [0.1, 0.15) is 36.3 Å². The first-order chi connectivity index (χ1) is 15.4. The molecule has 8 heteroatoms. The van der Waals surface area contributed by atoms with Crippen LogP contribution in [0.15, 0.2) is 36.4 Å². The van der Waals surface area contributed by atoms with E-state index in [-0.39, 0.29) is 31.2 Å². The standard InChI is InChI=1S/C22H25FN4O3.C2H6/c1-30-16-3-4-17-12(6-16)10-27(11-14(25)8-15(28)9-24)22(29)21-20(17)18-7-13(23)2-5-19(18)26-21;1-2/h2-7,14-15,26,28H,8-11,24-25H2,1H3;1-2H3. The van der Waals surface area contributed by atoms with Gasteiger partial charge in [-0.25, -0.2) is 4.39 Å². The second-order valence-electron chi connectivity index (χ2n) is 7.66. The van der Waals surface area contributed by atoms with Gasteiger partial charge in [-0.2, -0.15) is 0 Å². The Morgan fingerprint density at radius 2 is 2.00 bits per heavy atom. The Morgan fingerprint density at radius 1 is 1.25 bits per heavy atom. The van der Waals surface area contributed by atoms with Crippen LogP contribution in [0.25, 0.3) is 22.0 Å². The molecule has 4 rings (SSSR count). The highest BCUT2D eigenvalue weighted by molar-refractivity contribution is 6.11. The molecule has 0 saturated heterocycles. The molecule has 1 aliphatic rings. The molecule has 3 aromatic rings. The fraction of sp³-hybridized carbons (Fsp3) is 0.375. The number of carbonyl (C=O) groups excluding carboxylic acids is 1. The first kappa shape index (κ1) is 23.7. The van der Waals surface area contributed by atoms with Crippen molar-refractivity contribution in [1.82, 2.24) is 9.88 Å². The second kappa shape index (κ2) is 10.1. The lowest BCUT2D eigenvalue weighted by molar-refractivity contribution is 0.0713. The number of aliphatic hydroxyl groups is 1. The number of amides is 1. The molecule has 1 aromatic heterocycles. The fourth-order valence-electron chi connectivity index (χ4n) is 4.06. The van der Waals surface area contributed by atoms with Crippen molar-refractivity contribution in [2.45, 2.75) is 39.0 Å². The average Bonchev–Trinajstić information content (AvgIpc) is 3.12. The Balaban J connectivity index is 0.00000141. The van der Waals surface area contributed by atoms with Crippen molar-refractivity contribution in [3.05, 3.63) is 53.5 Å². The summed E-state index contributed by atoms with van der Waals surface area (Å²) >= 11 is 0. The molecule has 0 bridgehead atoms. The highest BCUT2D eigenvalue weighted by Gasteiger charge is 2.31. The van der Waals surface area contributed by atoms with Crippen molar-refractivity contribution in [2.24, 2.45) is 11.5 Å². The van der Waals surface area contributed by atoms with Crippen molar-refractivity contribution in [2.75, 3.05) is 20.2 Å². The predicted octanol–water partition coefficient (Wildman–Crippen LogP) is 3.00. The van der Waals surface area contributed by atoms with E-state index in [9.17, 15) is 14.3 Å². The summed E-state index contributed by atoms with van der Waals surface area (Å²) in [7, 11) is 1.58. The SMILES string of the molecule is CC.COc1ccc2c(c1)CN(CC(N)CC(O)CN)C(=O)c1[nH]c3ccc(F)cc3c1-2. The summed E-state index contributed by atoms with van der Waals surface area (Å²) in [4.78, 5) is 18.2. The molecule has 0 fully saturated rings. The zero-order chi connectivity index (χ0) is 23.4. The third kappa shape index (κ3) is 4.62. The molecule has 0 saturated carbocycles. The van der Waals surface area contributed by atoms with Gasteiger partial charge < -0.3 is 31.2 Å². The molecule has 6 N–H and O–H groups in total. The van der Waals surface area contributed by atoms with Crippen LogP contribution in [0.5, 0.6) is 5.75 Å². The van der Waals surface area contributed by atoms with Gasteiger partial charge in [0.15, 0.2) is 0 Å². The number of benzene rings is 2. The molecule has 2 atom stereocenters. The summed E-state index contributed by atoms with van der Waals surface area (Å²) in [6.45, 7) is 4.67. The Hall–Kier alpha value is -2.94. The zero-order valence-corrected chi connectivity index (χ0v) is 18.7. The molecule has 2 heterocycles. The number of hydrogen-bond acceptors (Lipinski definition) is 5. The van der Waals surface area contributed by atoms with Gasteiger partial charge in [-0.3, -0.25) is 4.79 Å². The van der Waals surface area contributed by atoms with Crippen molar-refractivity contribution in [3.8, 4) is 16.9 Å². The number of nitrogens with two attached hydrogens (primary N) is 2. The molecule has 0 radical (unpaired) electrons. The number of hydrogen-bond donors (Lipinski definition) is 4. The average molecular weight is 443 g/mol. The van der Waals surface area contributed by atoms with E-state index >= 15 is 0 Å². The number of aliphatic hydroxyl groups excluding tert-OH is 1. The highest BCUT2D eigenvalue weighted by Crippen LogP contribution is 2.39. The van der Waals surface area contributed by atoms with Gasteiger partial charge in [0, 0.05) is 42.1 Å². The Morgan fingerprint density at radius 3 is 2.69 bits per heavy atom. The van der Waals surface area contributed by atoms with E-state index in [4.69, 9.17) is 16.2 Å². The van der Waals surface area contributed by atoms with E-state index < -0.39 is 12.1 Å². The van der Waals surface area contributed by atoms with Crippen molar-refractivity contribution < 1.29 is 19.0 Å². The minimum atomic E-state index is -0.721. The number of aromatic nitrogens is 1. The number of rotatable bonds is 6. The maximum absolute atomic E-state index is 14.0. The lowest BCUT2D eigenvalue weighted by atomic mass is 9.97. The van der Waals surface area contributed by atoms with Crippen molar-refractivity contribution in [3.63, 3.8) is 0 Å². The van der Waals surface area contributed by atoms with Crippen LogP contribution >= 0.6 is 0 Å². The largest absolute Gasteiger partial charge is 0.497 e. The number of halogens is 1. The zero-order valence-electron chi connectivity index (χ0n) is 18.7. The first-order valence-corrected chi connectivity index (χ1v) is 10.8. The Kier molecular flexibility index (Phi) is 7.50. The third-order valence-electron chi connectivity index (χ3n) is 5.51. The van der Waals surface area contributed by atoms with Crippen molar-refractivity contribution in [1.29, 1.82) is 0 Å². The quantitative estimate of drug-likeness (QED) is 0.468. The summed E-state index contributed by atoms with van der Waals surface area (Å²) in [5, 5.41) is 10.5. The lowest BCUT2D eigenvalue weighted by Gasteiger charge is -2.26. The molecular weight excluding hydrogens is 411 g/mol. The third-order valence-corrected chi connectivity index (χ3v) is 5.51. The van der Waals surface area contributed by atoms with Gasteiger partial charge in [-0.05, 0) is 47.9 Å². The Bertz CT molecular complexity index is 1100. The Labute approximate surface area is 187 Å². The minimum absolute atomic E-state index is 0.111. The van der Waals surface area contributed by atoms with E-state index in [1.54, 1.807) is 18.1 Å². The van der Waals surface area contributed by atoms with E-state index in [0.717, 1.165) is 11.1 Å². The smallest absolute Gasteiger partial charge is 0.271 e. The first-order valence-electron chi connectivity index (χ1n) is 10.8. The number of aromatic amines is 1.